The zero-order valence-corrected chi connectivity index (χ0v) is 18.0. The molecule has 31 heavy (non-hydrogen) atoms. The number of fused-ring (bicyclic) bond motifs is 2. The molecule has 160 valence electrons. The van der Waals surface area contributed by atoms with Crippen molar-refractivity contribution in [1.29, 1.82) is 0 Å². The Morgan fingerprint density at radius 3 is 2.55 bits per heavy atom. The lowest BCUT2D eigenvalue weighted by molar-refractivity contribution is 0.0181. The van der Waals surface area contributed by atoms with Gasteiger partial charge in [0.15, 0.2) is 0 Å². The number of rotatable bonds is 3. The first-order chi connectivity index (χ1) is 15.0. The molecule has 2 aromatic heterocycles. The minimum Gasteiger partial charge on any atom is -0.348 e. The minimum atomic E-state index is -0.112. The number of carbonyl (C=O) groups is 1. The summed E-state index contributed by atoms with van der Waals surface area (Å²) in [5.41, 5.74) is 3.70. The van der Waals surface area contributed by atoms with Crippen molar-refractivity contribution >= 4 is 17.0 Å². The molecule has 4 saturated heterocycles. The van der Waals surface area contributed by atoms with Gasteiger partial charge in [0.25, 0.3) is 11.6 Å². The fraction of sp³-hybridized carbons (Fsp3) is 0.458. The molecule has 1 aromatic carbocycles. The maximum absolute atomic E-state index is 13.7. The van der Waals surface area contributed by atoms with E-state index in [1.54, 1.807) is 0 Å². The number of pyridine rings is 1. The van der Waals surface area contributed by atoms with Crippen molar-refractivity contribution in [1.82, 2.24) is 25.3 Å². The molecular formula is C24H27N5O2. The molecule has 7 rings (SSSR count). The van der Waals surface area contributed by atoms with Gasteiger partial charge in [-0.05, 0) is 25.5 Å². The number of aromatic nitrogens is 2. The summed E-state index contributed by atoms with van der Waals surface area (Å²) in [5.74, 6) is 0.342. The number of carbonyl (C=O) groups excluding carboxylic acids is 1. The van der Waals surface area contributed by atoms with Crippen molar-refractivity contribution in [3.63, 3.8) is 0 Å². The van der Waals surface area contributed by atoms with Crippen LogP contribution in [0.15, 0.2) is 40.9 Å². The molecule has 3 aromatic rings. The Morgan fingerprint density at radius 1 is 1.13 bits per heavy atom. The average molecular weight is 418 g/mol. The number of hydrogen-bond acceptors (Lipinski definition) is 6. The zero-order chi connectivity index (χ0) is 21.2. The molecular weight excluding hydrogens is 390 g/mol. The Hall–Kier alpha value is -2.77. The number of amides is 1. The molecule has 0 radical (unpaired) electrons. The van der Waals surface area contributed by atoms with E-state index in [2.05, 4.69) is 55.6 Å². The summed E-state index contributed by atoms with van der Waals surface area (Å²) in [5, 5.41) is 8.25. The summed E-state index contributed by atoms with van der Waals surface area (Å²) < 4.78 is 5.36. The van der Waals surface area contributed by atoms with Crippen LogP contribution in [0.3, 0.4) is 0 Å². The van der Waals surface area contributed by atoms with Crippen molar-refractivity contribution < 1.29 is 9.32 Å². The predicted molar refractivity (Wildman–Crippen MR) is 117 cm³/mol. The number of aryl methyl sites for hydroxylation is 2. The Morgan fingerprint density at radius 2 is 1.84 bits per heavy atom. The smallest absolute Gasteiger partial charge is 0.258 e. The molecule has 4 fully saturated rings. The van der Waals surface area contributed by atoms with E-state index >= 15 is 0 Å². The molecule has 0 aliphatic carbocycles. The van der Waals surface area contributed by atoms with E-state index < -0.39 is 0 Å². The molecule has 6 heterocycles. The highest BCUT2D eigenvalue weighted by Crippen LogP contribution is 2.43. The SMILES string of the molecule is Cc1cc(C(=O)NC2C3CN4CCN(C3)CC2(c2ccccc2)C4)c2c(C)noc2n1. The van der Waals surface area contributed by atoms with Crippen molar-refractivity contribution in [3.8, 4) is 0 Å². The van der Waals surface area contributed by atoms with E-state index in [0.717, 1.165) is 45.0 Å². The largest absolute Gasteiger partial charge is 0.348 e. The van der Waals surface area contributed by atoms with Gasteiger partial charge >= 0.3 is 0 Å². The van der Waals surface area contributed by atoms with Crippen LogP contribution in [-0.2, 0) is 5.41 Å². The number of nitrogens with one attached hydrogen (secondary N) is 1. The molecule has 1 N–H and O–H groups in total. The van der Waals surface area contributed by atoms with Gasteiger partial charge in [-0.3, -0.25) is 4.79 Å². The Bertz CT molecular complexity index is 1140. The summed E-state index contributed by atoms with van der Waals surface area (Å²) in [6.45, 7) is 9.98. The van der Waals surface area contributed by atoms with E-state index in [1.165, 1.54) is 5.56 Å². The Labute approximate surface area is 181 Å². The lowest BCUT2D eigenvalue weighted by Gasteiger charge is -2.55. The first-order valence-electron chi connectivity index (χ1n) is 11.1. The van der Waals surface area contributed by atoms with Crippen LogP contribution >= 0.6 is 0 Å². The molecule has 4 aliphatic rings. The van der Waals surface area contributed by atoms with Gasteiger partial charge in [-0.1, -0.05) is 35.5 Å². The Balaban J connectivity index is 1.42. The fourth-order valence-corrected chi connectivity index (χ4v) is 6.18. The molecule has 0 saturated carbocycles. The minimum absolute atomic E-state index is 0.0572. The lowest BCUT2D eigenvalue weighted by atomic mass is 9.64. The van der Waals surface area contributed by atoms with E-state index in [1.807, 2.05) is 19.9 Å². The van der Waals surface area contributed by atoms with Gasteiger partial charge in [-0.15, -0.1) is 0 Å². The number of nitrogens with zero attached hydrogens (tertiary/aromatic N) is 4. The summed E-state index contributed by atoms with van der Waals surface area (Å²) in [4.78, 5) is 23.3. The van der Waals surface area contributed by atoms with E-state index in [4.69, 9.17) is 4.52 Å². The van der Waals surface area contributed by atoms with Crippen LogP contribution in [0.1, 0.15) is 27.3 Å². The van der Waals surface area contributed by atoms with Crippen molar-refractivity contribution in [2.75, 3.05) is 39.3 Å². The second-order valence-electron chi connectivity index (χ2n) is 9.46. The molecule has 3 unspecified atom stereocenters. The van der Waals surface area contributed by atoms with E-state index in [9.17, 15) is 4.79 Å². The second kappa shape index (κ2) is 6.87. The quantitative estimate of drug-likeness (QED) is 0.704. The van der Waals surface area contributed by atoms with Crippen LogP contribution in [0, 0.1) is 19.8 Å². The van der Waals surface area contributed by atoms with Crippen LogP contribution in [-0.4, -0.2) is 71.2 Å². The molecule has 4 aliphatic heterocycles. The van der Waals surface area contributed by atoms with Gasteiger partial charge in [0.1, 0.15) is 0 Å². The van der Waals surface area contributed by atoms with E-state index in [0.29, 0.717) is 28.3 Å². The van der Waals surface area contributed by atoms with Gasteiger partial charge in [-0.2, -0.15) is 0 Å². The van der Waals surface area contributed by atoms with Crippen molar-refractivity contribution in [3.05, 3.63) is 58.9 Å². The monoisotopic (exact) mass is 417 g/mol. The van der Waals surface area contributed by atoms with Gasteiger partial charge in [0.2, 0.25) is 0 Å². The van der Waals surface area contributed by atoms with Crippen LogP contribution in [0.5, 0.6) is 0 Å². The topological polar surface area (TPSA) is 74.5 Å². The van der Waals surface area contributed by atoms with Crippen LogP contribution < -0.4 is 5.32 Å². The Kier molecular flexibility index (Phi) is 4.20. The number of piperidine rings is 2. The maximum Gasteiger partial charge on any atom is 0.258 e. The molecule has 3 atom stereocenters. The lowest BCUT2D eigenvalue weighted by Crippen LogP contribution is -2.70. The van der Waals surface area contributed by atoms with Crippen molar-refractivity contribution in [2.45, 2.75) is 25.3 Å². The first-order valence-corrected chi connectivity index (χ1v) is 11.1. The standard InChI is InChI=1S/C24H27N5O2/c1-15-10-19(20-16(2)27-31-23(20)25-15)22(30)26-21-17-11-28-8-9-29(12-17)14-24(21,13-28)18-6-4-3-5-7-18/h3-7,10,17,21H,8-9,11-14H2,1-2H3,(H,26,30). The number of benzene rings is 1. The third-order valence-corrected chi connectivity index (χ3v) is 7.42. The summed E-state index contributed by atoms with van der Waals surface area (Å²) in [6.07, 6.45) is 0. The summed E-state index contributed by atoms with van der Waals surface area (Å²) >= 11 is 0. The maximum atomic E-state index is 13.7. The van der Waals surface area contributed by atoms with Gasteiger partial charge < -0.3 is 19.6 Å². The van der Waals surface area contributed by atoms with Crippen molar-refractivity contribution in [2.24, 2.45) is 5.92 Å². The highest BCUT2D eigenvalue weighted by Gasteiger charge is 2.55. The molecule has 0 spiro atoms. The molecule has 4 bridgehead atoms. The number of hydrogen-bond donors (Lipinski definition) is 1. The summed E-state index contributed by atoms with van der Waals surface area (Å²) in [7, 11) is 0. The normalized spacial score (nSPS) is 31.7. The predicted octanol–water partition coefficient (Wildman–Crippen LogP) is 2.14. The van der Waals surface area contributed by atoms with Crippen LogP contribution in [0.2, 0.25) is 0 Å². The first kappa shape index (κ1) is 19.0. The third kappa shape index (κ3) is 2.91. The average Bonchev–Trinajstić information content (AvgIpc) is 2.95. The zero-order valence-electron chi connectivity index (χ0n) is 18.0. The van der Waals surface area contributed by atoms with Crippen LogP contribution in [0.25, 0.3) is 11.1 Å². The molecule has 7 nitrogen and oxygen atoms in total. The fourth-order valence-electron chi connectivity index (χ4n) is 6.18. The second-order valence-corrected chi connectivity index (χ2v) is 9.46. The highest BCUT2D eigenvalue weighted by molar-refractivity contribution is 6.06. The third-order valence-electron chi connectivity index (χ3n) is 7.42. The molecule has 7 heteroatoms. The highest BCUT2D eigenvalue weighted by atomic mass is 16.5. The summed E-state index contributed by atoms with van der Waals surface area (Å²) in [6, 6.07) is 12.7. The van der Waals surface area contributed by atoms with E-state index in [-0.39, 0.29) is 17.4 Å². The molecule has 1 amide bonds. The van der Waals surface area contributed by atoms with Gasteiger partial charge in [-0.25, -0.2) is 4.98 Å². The van der Waals surface area contributed by atoms with Gasteiger partial charge in [0.05, 0.1) is 16.6 Å². The van der Waals surface area contributed by atoms with Crippen LogP contribution in [0.4, 0.5) is 0 Å². The van der Waals surface area contributed by atoms with Gasteiger partial charge in [0, 0.05) is 62.3 Å².